The summed E-state index contributed by atoms with van der Waals surface area (Å²) in [4.78, 5) is 26.6. The van der Waals surface area contributed by atoms with Crippen LogP contribution in [-0.4, -0.2) is 39.9 Å². The second-order valence-electron chi connectivity index (χ2n) is 10.1. The van der Waals surface area contributed by atoms with Gasteiger partial charge >= 0.3 is 12.2 Å². The van der Waals surface area contributed by atoms with E-state index in [1.54, 1.807) is 4.90 Å². The van der Waals surface area contributed by atoms with Crippen molar-refractivity contribution in [2.24, 2.45) is 0 Å². The molecule has 0 aliphatic carbocycles. The summed E-state index contributed by atoms with van der Waals surface area (Å²) in [7, 11) is 0. The molecule has 34 heavy (non-hydrogen) atoms. The normalized spacial score (nSPS) is 19.9. The second kappa shape index (κ2) is 10.5. The number of hydrogen-bond acceptors (Lipinski definition) is 5. The number of ether oxygens (including phenoxy) is 2. The number of aliphatic hydroxyl groups is 1. The molecule has 2 N–H and O–H groups in total. The smallest absolute Gasteiger partial charge is 0.410 e. The number of benzene rings is 2. The Bertz CT molecular complexity index is 971. The van der Waals surface area contributed by atoms with Crippen molar-refractivity contribution < 1.29 is 24.2 Å². The molecule has 2 amide bonds. The average Bonchev–Trinajstić information content (AvgIpc) is 3.19. The highest BCUT2D eigenvalue weighted by molar-refractivity contribution is 5.69. The molecule has 0 saturated carbocycles. The summed E-state index contributed by atoms with van der Waals surface area (Å²) in [6.45, 7) is 9.95. The first-order valence-corrected chi connectivity index (χ1v) is 11.8. The van der Waals surface area contributed by atoms with Gasteiger partial charge in [0.25, 0.3) is 0 Å². The van der Waals surface area contributed by atoms with E-state index in [9.17, 15) is 14.7 Å². The van der Waals surface area contributed by atoms with E-state index in [0.29, 0.717) is 18.5 Å². The minimum absolute atomic E-state index is 0.194. The van der Waals surface area contributed by atoms with Crippen LogP contribution in [-0.2, 0) is 16.1 Å². The average molecular weight is 469 g/mol. The number of rotatable bonds is 6. The number of hydrogen-bond donors (Lipinski definition) is 2. The van der Waals surface area contributed by atoms with Crippen LogP contribution < -0.4 is 5.32 Å². The molecule has 184 valence electrons. The molecule has 1 aliphatic rings. The quantitative estimate of drug-likeness (QED) is 0.585. The Kier molecular flexibility index (Phi) is 7.87. The Hall–Kier alpha value is -3.06. The summed E-state index contributed by atoms with van der Waals surface area (Å²) in [5, 5.41) is 14.1. The highest BCUT2D eigenvalue weighted by Crippen LogP contribution is 2.40. The Morgan fingerprint density at radius 3 is 2.32 bits per heavy atom. The number of aliphatic hydroxyl groups excluding tert-OH is 1. The van der Waals surface area contributed by atoms with Gasteiger partial charge in [-0.05, 0) is 64.2 Å². The Balaban J connectivity index is 1.64. The third-order valence-corrected chi connectivity index (χ3v) is 6.18. The second-order valence-corrected chi connectivity index (χ2v) is 10.1. The van der Waals surface area contributed by atoms with Gasteiger partial charge in [0.05, 0.1) is 11.6 Å². The molecule has 7 nitrogen and oxygen atoms in total. The standard InChI is InChI=1S/C27H36N2O5/c1-19(28-24(31)34-26(2,3)4)21-12-14-22(15-13-21)23(30)27(5)16-9-17-29(27)25(32)33-18-20-10-7-6-8-11-20/h6-8,10-15,19,23,30H,9,16-18H2,1-5H3,(H,28,31)/t19-,23?,27+/m0/s1. The van der Waals surface area contributed by atoms with Crippen LogP contribution in [0.1, 0.15) is 76.3 Å². The van der Waals surface area contributed by atoms with Crippen LogP contribution in [0.5, 0.6) is 0 Å². The zero-order valence-corrected chi connectivity index (χ0v) is 20.7. The van der Waals surface area contributed by atoms with E-state index >= 15 is 0 Å². The molecule has 2 aromatic carbocycles. The maximum absolute atomic E-state index is 12.9. The number of likely N-dealkylation sites (tertiary alicyclic amines) is 1. The highest BCUT2D eigenvalue weighted by Gasteiger charge is 2.46. The number of nitrogens with zero attached hydrogens (tertiary/aromatic N) is 1. The Labute approximate surface area is 202 Å². The summed E-state index contributed by atoms with van der Waals surface area (Å²) in [6.07, 6.45) is -0.306. The number of nitrogens with one attached hydrogen (secondary N) is 1. The van der Waals surface area contributed by atoms with Crippen LogP contribution in [0.4, 0.5) is 9.59 Å². The monoisotopic (exact) mass is 468 g/mol. The van der Waals surface area contributed by atoms with Gasteiger partial charge in [-0.3, -0.25) is 4.90 Å². The van der Waals surface area contributed by atoms with Gasteiger partial charge in [0.2, 0.25) is 0 Å². The van der Waals surface area contributed by atoms with E-state index in [1.165, 1.54) is 0 Å². The Morgan fingerprint density at radius 1 is 1.09 bits per heavy atom. The molecule has 0 spiro atoms. The summed E-state index contributed by atoms with van der Waals surface area (Å²) < 4.78 is 10.9. The predicted octanol–water partition coefficient (Wildman–Crippen LogP) is 5.50. The third kappa shape index (κ3) is 6.29. The molecule has 1 aliphatic heterocycles. The molecule has 3 atom stereocenters. The lowest BCUT2D eigenvalue weighted by Gasteiger charge is -2.38. The van der Waals surface area contributed by atoms with Crippen LogP contribution in [0.3, 0.4) is 0 Å². The van der Waals surface area contributed by atoms with Crippen molar-refractivity contribution >= 4 is 12.2 Å². The van der Waals surface area contributed by atoms with Crippen LogP contribution in [0.15, 0.2) is 54.6 Å². The van der Waals surface area contributed by atoms with E-state index in [2.05, 4.69) is 5.32 Å². The van der Waals surface area contributed by atoms with Gasteiger partial charge in [0, 0.05) is 6.54 Å². The van der Waals surface area contributed by atoms with Gasteiger partial charge in [-0.25, -0.2) is 9.59 Å². The van der Waals surface area contributed by atoms with Crippen molar-refractivity contribution in [1.82, 2.24) is 10.2 Å². The van der Waals surface area contributed by atoms with Crippen molar-refractivity contribution in [2.45, 2.75) is 77.4 Å². The van der Waals surface area contributed by atoms with Crippen LogP contribution in [0, 0.1) is 0 Å². The Morgan fingerprint density at radius 2 is 1.71 bits per heavy atom. The molecular formula is C27H36N2O5. The van der Waals surface area contributed by atoms with Gasteiger partial charge in [-0.15, -0.1) is 0 Å². The fourth-order valence-electron chi connectivity index (χ4n) is 4.26. The molecule has 1 saturated heterocycles. The van der Waals surface area contributed by atoms with E-state index in [4.69, 9.17) is 9.47 Å². The highest BCUT2D eigenvalue weighted by atomic mass is 16.6. The van der Waals surface area contributed by atoms with Crippen LogP contribution in [0.25, 0.3) is 0 Å². The zero-order chi connectivity index (χ0) is 24.9. The number of carbonyl (C=O) groups is 2. The van der Waals surface area contributed by atoms with Crippen molar-refractivity contribution in [1.29, 1.82) is 0 Å². The largest absolute Gasteiger partial charge is 0.445 e. The minimum Gasteiger partial charge on any atom is -0.445 e. The number of carbonyl (C=O) groups excluding carboxylic acids is 2. The summed E-state index contributed by atoms with van der Waals surface area (Å²) in [6, 6.07) is 16.7. The van der Waals surface area contributed by atoms with E-state index in [-0.39, 0.29) is 12.6 Å². The van der Waals surface area contributed by atoms with Gasteiger partial charge in [0.1, 0.15) is 18.3 Å². The SMILES string of the molecule is C[C@H](NC(=O)OC(C)(C)C)c1ccc(C(O)[C@@]2(C)CCCN2C(=O)OCc2ccccc2)cc1. The molecule has 1 unspecified atom stereocenters. The lowest BCUT2D eigenvalue weighted by Crippen LogP contribution is -2.49. The van der Waals surface area contributed by atoms with E-state index < -0.39 is 29.4 Å². The van der Waals surface area contributed by atoms with Gasteiger partial charge in [-0.1, -0.05) is 54.6 Å². The number of amides is 2. The summed E-state index contributed by atoms with van der Waals surface area (Å²) in [5.74, 6) is 0. The van der Waals surface area contributed by atoms with Gasteiger partial charge in [-0.2, -0.15) is 0 Å². The summed E-state index contributed by atoms with van der Waals surface area (Å²) >= 11 is 0. The van der Waals surface area contributed by atoms with Crippen LogP contribution >= 0.6 is 0 Å². The molecule has 1 heterocycles. The molecule has 0 radical (unpaired) electrons. The minimum atomic E-state index is -0.873. The summed E-state index contributed by atoms with van der Waals surface area (Å²) in [5.41, 5.74) is 1.18. The van der Waals surface area contributed by atoms with Crippen molar-refractivity contribution in [3.8, 4) is 0 Å². The maximum atomic E-state index is 12.9. The molecule has 7 heteroatoms. The van der Waals surface area contributed by atoms with E-state index in [1.807, 2.05) is 89.2 Å². The first-order chi connectivity index (χ1) is 16.0. The molecule has 0 bridgehead atoms. The van der Waals surface area contributed by atoms with E-state index in [0.717, 1.165) is 17.5 Å². The molecule has 3 rings (SSSR count). The maximum Gasteiger partial charge on any atom is 0.410 e. The molecule has 1 fully saturated rings. The van der Waals surface area contributed by atoms with Crippen molar-refractivity contribution in [3.05, 3.63) is 71.3 Å². The van der Waals surface area contributed by atoms with Gasteiger partial charge in [0.15, 0.2) is 0 Å². The lowest BCUT2D eigenvalue weighted by atomic mass is 9.86. The first kappa shape index (κ1) is 25.6. The fraction of sp³-hybridized carbons (Fsp3) is 0.481. The molecular weight excluding hydrogens is 432 g/mol. The van der Waals surface area contributed by atoms with Crippen LogP contribution in [0.2, 0.25) is 0 Å². The lowest BCUT2D eigenvalue weighted by molar-refractivity contribution is -0.00276. The number of alkyl carbamates (subject to hydrolysis) is 1. The zero-order valence-electron chi connectivity index (χ0n) is 20.7. The predicted molar refractivity (Wildman–Crippen MR) is 130 cm³/mol. The van der Waals surface area contributed by atoms with Crippen molar-refractivity contribution in [2.75, 3.05) is 6.54 Å². The molecule has 0 aromatic heterocycles. The fourth-order valence-corrected chi connectivity index (χ4v) is 4.26. The first-order valence-electron chi connectivity index (χ1n) is 11.8. The van der Waals surface area contributed by atoms with Gasteiger partial charge < -0.3 is 19.9 Å². The van der Waals surface area contributed by atoms with Crippen molar-refractivity contribution in [3.63, 3.8) is 0 Å². The third-order valence-electron chi connectivity index (χ3n) is 6.18. The molecule has 2 aromatic rings. The topological polar surface area (TPSA) is 88.1 Å².